The minimum atomic E-state index is -0.336. The summed E-state index contributed by atoms with van der Waals surface area (Å²) in [7, 11) is 1.41. The molecule has 0 saturated heterocycles. The summed E-state index contributed by atoms with van der Waals surface area (Å²) in [6, 6.07) is 0. The van der Waals surface area contributed by atoms with Gasteiger partial charge in [0.2, 0.25) is 0 Å². The SMILES string of the molecule is COC(=O)CC[C@@H](C)[C@H]1CC[C@H]2[C@@H]3[C@H](OC(C)=O)C[C@@H]4[C@@H](Br)C(=O)C=C[C@]4(C)[C@H]3C[C@H](OC(C)=O)[C@]12C. The Hall–Kier alpha value is -1.70. The molecule has 8 heteroatoms. The predicted octanol–water partition coefficient (Wildman–Crippen LogP) is 5.04. The van der Waals surface area contributed by atoms with Crippen molar-refractivity contribution in [1.29, 1.82) is 0 Å². The van der Waals surface area contributed by atoms with Crippen LogP contribution in [0, 0.1) is 46.3 Å². The summed E-state index contributed by atoms with van der Waals surface area (Å²) in [4.78, 5) is 48.8. The summed E-state index contributed by atoms with van der Waals surface area (Å²) in [6.45, 7) is 9.58. The number of methoxy groups -OCH3 is 1. The van der Waals surface area contributed by atoms with E-state index < -0.39 is 0 Å². The van der Waals surface area contributed by atoms with Crippen LogP contribution >= 0.6 is 15.9 Å². The first kappa shape index (κ1) is 28.3. The Balaban J connectivity index is 1.76. The van der Waals surface area contributed by atoms with Crippen LogP contribution in [0.25, 0.3) is 0 Å². The first-order chi connectivity index (χ1) is 17.3. The molecule has 0 aliphatic heterocycles. The van der Waals surface area contributed by atoms with E-state index in [0.29, 0.717) is 25.7 Å². The lowest BCUT2D eigenvalue weighted by Crippen LogP contribution is -2.64. The Kier molecular flexibility index (Phi) is 8.00. The van der Waals surface area contributed by atoms with Gasteiger partial charge in [-0.05, 0) is 73.2 Å². The summed E-state index contributed by atoms with van der Waals surface area (Å²) >= 11 is 3.66. The van der Waals surface area contributed by atoms with E-state index in [1.807, 2.05) is 0 Å². The number of carbonyl (C=O) groups excluding carboxylic acids is 4. The highest BCUT2D eigenvalue weighted by Crippen LogP contribution is 2.68. The van der Waals surface area contributed by atoms with Gasteiger partial charge in [0, 0.05) is 31.6 Å². The second kappa shape index (κ2) is 10.5. The van der Waals surface area contributed by atoms with Crippen molar-refractivity contribution in [2.24, 2.45) is 46.3 Å². The minimum absolute atomic E-state index is 0.0193. The first-order valence-corrected chi connectivity index (χ1v) is 14.5. The van der Waals surface area contributed by atoms with Gasteiger partial charge in [0.1, 0.15) is 12.2 Å². The molecule has 0 amide bonds. The molecule has 4 rings (SSSR count). The van der Waals surface area contributed by atoms with Crippen LogP contribution in [0.15, 0.2) is 12.2 Å². The third kappa shape index (κ3) is 4.80. The molecule has 7 nitrogen and oxygen atoms in total. The molecule has 3 fully saturated rings. The monoisotopic (exact) mass is 580 g/mol. The van der Waals surface area contributed by atoms with Gasteiger partial charge in [-0.2, -0.15) is 0 Å². The third-order valence-electron chi connectivity index (χ3n) is 10.6. The van der Waals surface area contributed by atoms with E-state index in [9.17, 15) is 19.2 Å². The maximum Gasteiger partial charge on any atom is 0.305 e. The van der Waals surface area contributed by atoms with Crippen LogP contribution in [0.3, 0.4) is 0 Å². The first-order valence-electron chi connectivity index (χ1n) is 13.6. The number of fused-ring (bicyclic) bond motifs is 5. The summed E-state index contributed by atoms with van der Waals surface area (Å²) in [5.41, 5.74) is -0.607. The quantitative estimate of drug-likeness (QED) is 0.247. The molecule has 0 aromatic heterocycles. The Morgan fingerprint density at radius 2 is 1.73 bits per heavy atom. The molecular weight excluding hydrogens is 540 g/mol. The number of alkyl halides is 1. The number of allylic oxidation sites excluding steroid dienone is 2. The van der Waals surface area contributed by atoms with Gasteiger partial charge in [0.05, 0.1) is 11.9 Å². The lowest BCUT2D eigenvalue weighted by molar-refractivity contribution is -0.209. The molecule has 4 aliphatic carbocycles. The summed E-state index contributed by atoms with van der Waals surface area (Å²) < 4.78 is 17.0. The van der Waals surface area contributed by atoms with Crippen LogP contribution in [0.1, 0.15) is 73.1 Å². The van der Waals surface area contributed by atoms with Crippen LogP contribution in [0.5, 0.6) is 0 Å². The molecule has 0 bridgehead atoms. The topological polar surface area (TPSA) is 96.0 Å². The zero-order valence-corrected chi connectivity index (χ0v) is 24.4. The molecule has 0 spiro atoms. The van der Waals surface area contributed by atoms with Crippen LogP contribution in [-0.4, -0.2) is 47.8 Å². The number of ether oxygens (including phenoxy) is 3. The standard InChI is InChI=1S/C29H41BrO7/c1-15(7-10-25(34)35-6)18-8-9-19-26-20(14-24(29(18,19)5)37-17(3)32)28(4)12-11-22(33)27(30)21(28)13-23(26)36-16(2)31/h11-12,15,18-21,23-24,26-27H,7-10,13-14H2,1-6H3/t15-,18-,19+,20+,21-,23-,24+,26+,27-,28-,29-/m1/s1. The number of rotatable bonds is 6. The van der Waals surface area contributed by atoms with E-state index in [2.05, 4.69) is 42.8 Å². The van der Waals surface area contributed by atoms with Crippen LogP contribution in [0.2, 0.25) is 0 Å². The normalized spacial score (nSPS) is 43.2. The average molecular weight is 582 g/mol. The van der Waals surface area contributed by atoms with E-state index in [1.165, 1.54) is 21.0 Å². The molecule has 11 atom stereocenters. The number of carbonyl (C=O) groups is 4. The fourth-order valence-corrected chi connectivity index (χ4v) is 9.82. The van der Waals surface area contributed by atoms with Gasteiger partial charge in [0.25, 0.3) is 0 Å². The molecule has 0 aromatic carbocycles. The minimum Gasteiger partial charge on any atom is -0.469 e. The maximum atomic E-state index is 12.6. The lowest BCUT2D eigenvalue weighted by Gasteiger charge is -2.63. The van der Waals surface area contributed by atoms with E-state index in [4.69, 9.17) is 14.2 Å². The van der Waals surface area contributed by atoms with Gasteiger partial charge in [-0.25, -0.2) is 0 Å². The van der Waals surface area contributed by atoms with Gasteiger partial charge >= 0.3 is 17.9 Å². The molecule has 0 unspecified atom stereocenters. The average Bonchev–Trinajstić information content (AvgIpc) is 3.19. The second-order valence-electron chi connectivity index (χ2n) is 12.3. The van der Waals surface area contributed by atoms with Gasteiger partial charge in [-0.3, -0.25) is 19.2 Å². The lowest BCUT2D eigenvalue weighted by atomic mass is 9.44. The summed E-state index contributed by atoms with van der Waals surface area (Å²) in [5, 5.41) is 0. The van der Waals surface area contributed by atoms with Crippen LogP contribution in [-0.2, 0) is 33.4 Å². The largest absolute Gasteiger partial charge is 0.469 e. The highest BCUT2D eigenvalue weighted by atomic mass is 79.9. The van der Waals surface area contributed by atoms with E-state index in [-0.39, 0.29) is 87.1 Å². The molecule has 37 heavy (non-hydrogen) atoms. The third-order valence-corrected chi connectivity index (χ3v) is 11.7. The Labute approximate surface area is 228 Å². The van der Waals surface area contributed by atoms with Crippen molar-refractivity contribution < 1.29 is 33.4 Å². The van der Waals surface area contributed by atoms with Gasteiger partial charge in [0.15, 0.2) is 5.78 Å². The molecule has 0 aromatic rings. The fourth-order valence-electron chi connectivity index (χ4n) is 8.88. The Morgan fingerprint density at radius 3 is 2.35 bits per heavy atom. The Morgan fingerprint density at radius 1 is 1.05 bits per heavy atom. The second-order valence-corrected chi connectivity index (χ2v) is 13.2. The van der Waals surface area contributed by atoms with Crippen molar-refractivity contribution in [3.05, 3.63) is 12.2 Å². The number of hydrogen-bond acceptors (Lipinski definition) is 7. The zero-order chi connectivity index (χ0) is 27.3. The summed E-state index contributed by atoms with van der Waals surface area (Å²) in [5.74, 6) is 0.0707. The smallest absolute Gasteiger partial charge is 0.305 e. The number of esters is 3. The van der Waals surface area contributed by atoms with E-state index in [1.54, 1.807) is 6.08 Å². The highest BCUT2D eigenvalue weighted by Gasteiger charge is 2.68. The van der Waals surface area contributed by atoms with Crippen molar-refractivity contribution in [2.45, 2.75) is 90.2 Å². The summed E-state index contributed by atoms with van der Waals surface area (Å²) in [6.07, 6.45) is 7.43. The molecule has 4 aliphatic rings. The predicted molar refractivity (Wildman–Crippen MR) is 141 cm³/mol. The van der Waals surface area contributed by atoms with Crippen molar-refractivity contribution in [1.82, 2.24) is 0 Å². The Bertz CT molecular complexity index is 977. The van der Waals surface area contributed by atoms with Gasteiger partial charge in [-0.15, -0.1) is 0 Å². The van der Waals surface area contributed by atoms with Gasteiger partial charge < -0.3 is 14.2 Å². The van der Waals surface area contributed by atoms with Crippen molar-refractivity contribution >= 4 is 39.6 Å². The maximum absolute atomic E-state index is 12.6. The van der Waals surface area contributed by atoms with Crippen LogP contribution in [0.4, 0.5) is 0 Å². The number of ketones is 1. The van der Waals surface area contributed by atoms with E-state index in [0.717, 1.165) is 12.8 Å². The molecule has 3 saturated carbocycles. The van der Waals surface area contributed by atoms with Crippen molar-refractivity contribution in [2.75, 3.05) is 7.11 Å². The molecule has 0 heterocycles. The molecular formula is C29H41BrO7. The number of hydrogen-bond donors (Lipinski definition) is 0. The zero-order valence-electron chi connectivity index (χ0n) is 22.8. The van der Waals surface area contributed by atoms with Crippen LogP contribution < -0.4 is 0 Å². The fraction of sp³-hybridized carbons (Fsp3) is 0.793. The highest BCUT2D eigenvalue weighted by molar-refractivity contribution is 9.10. The van der Waals surface area contributed by atoms with Crippen molar-refractivity contribution in [3.8, 4) is 0 Å². The number of halogens is 1. The van der Waals surface area contributed by atoms with Crippen molar-refractivity contribution in [3.63, 3.8) is 0 Å². The van der Waals surface area contributed by atoms with Gasteiger partial charge in [-0.1, -0.05) is 42.8 Å². The molecule has 206 valence electrons. The van der Waals surface area contributed by atoms with E-state index >= 15 is 0 Å². The molecule has 0 N–H and O–H groups in total. The molecule has 0 radical (unpaired) electrons.